The van der Waals surface area contributed by atoms with Crippen LogP contribution in [0.25, 0.3) is 11.0 Å². The van der Waals surface area contributed by atoms with Crippen LogP contribution in [0.2, 0.25) is 0 Å². The van der Waals surface area contributed by atoms with Crippen molar-refractivity contribution >= 4 is 26.7 Å². The van der Waals surface area contributed by atoms with Gasteiger partial charge >= 0.3 is 5.63 Å². The number of rotatable bonds is 6. The van der Waals surface area contributed by atoms with E-state index in [9.17, 15) is 18.0 Å². The van der Waals surface area contributed by atoms with Gasteiger partial charge in [-0.1, -0.05) is 6.58 Å². The summed E-state index contributed by atoms with van der Waals surface area (Å²) in [6.07, 6.45) is 0.286. The van der Waals surface area contributed by atoms with Gasteiger partial charge in [0.25, 0.3) is 0 Å². The second-order valence-corrected chi connectivity index (χ2v) is 9.86. The Labute approximate surface area is 169 Å². The average molecular weight is 419 g/mol. The number of likely N-dealkylation sites (N-methyl/N-ethyl adjacent to an activating group) is 1. The van der Waals surface area contributed by atoms with E-state index in [-0.39, 0.29) is 35.4 Å². The van der Waals surface area contributed by atoms with Gasteiger partial charge in [-0.15, -0.1) is 0 Å². The van der Waals surface area contributed by atoms with Gasteiger partial charge in [-0.25, -0.2) is 13.2 Å². The van der Waals surface area contributed by atoms with E-state index >= 15 is 0 Å². The Bertz CT molecular complexity index is 1130. The van der Waals surface area contributed by atoms with Crippen molar-refractivity contribution in [3.8, 4) is 5.75 Å². The SMILES string of the molecule is C=C(C)COc1ccc2c(C)c(CC(=O)N(C)[C@H]3CCS(=O)(=O)C3)c(=O)oc2c1. The zero-order chi connectivity index (χ0) is 21.3. The summed E-state index contributed by atoms with van der Waals surface area (Å²) in [5, 5.41) is 0.723. The van der Waals surface area contributed by atoms with Crippen LogP contribution in [-0.4, -0.2) is 50.4 Å². The maximum Gasteiger partial charge on any atom is 0.340 e. The lowest BCUT2D eigenvalue weighted by Gasteiger charge is -2.23. The molecule has 1 atom stereocenters. The molecule has 2 aromatic rings. The summed E-state index contributed by atoms with van der Waals surface area (Å²) in [5.41, 5.74) is 1.64. The molecule has 7 nitrogen and oxygen atoms in total. The predicted octanol–water partition coefficient (Wildman–Crippen LogP) is 2.24. The Balaban J connectivity index is 1.84. The van der Waals surface area contributed by atoms with Crippen LogP contribution in [0.5, 0.6) is 5.75 Å². The van der Waals surface area contributed by atoms with Gasteiger partial charge in [-0.05, 0) is 43.5 Å². The molecule has 1 aromatic carbocycles. The summed E-state index contributed by atoms with van der Waals surface area (Å²) >= 11 is 0. The van der Waals surface area contributed by atoms with E-state index in [1.807, 2.05) is 6.92 Å². The summed E-state index contributed by atoms with van der Waals surface area (Å²) in [7, 11) is -1.52. The van der Waals surface area contributed by atoms with Crippen molar-refractivity contribution in [2.24, 2.45) is 0 Å². The summed E-state index contributed by atoms with van der Waals surface area (Å²) in [5.74, 6) is 0.313. The van der Waals surface area contributed by atoms with Crippen LogP contribution < -0.4 is 10.4 Å². The van der Waals surface area contributed by atoms with Crippen LogP contribution >= 0.6 is 0 Å². The highest BCUT2D eigenvalue weighted by atomic mass is 32.2. The number of sulfone groups is 1. The van der Waals surface area contributed by atoms with Crippen LogP contribution in [0.3, 0.4) is 0 Å². The maximum absolute atomic E-state index is 12.7. The topological polar surface area (TPSA) is 93.9 Å². The van der Waals surface area contributed by atoms with Gasteiger partial charge in [0.1, 0.15) is 17.9 Å². The molecule has 1 saturated heterocycles. The highest BCUT2D eigenvalue weighted by Crippen LogP contribution is 2.25. The van der Waals surface area contributed by atoms with Crippen molar-refractivity contribution in [1.29, 1.82) is 0 Å². The molecule has 1 amide bonds. The molecule has 0 N–H and O–H groups in total. The zero-order valence-electron chi connectivity index (χ0n) is 16.9. The van der Waals surface area contributed by atoms with E-state index in [2.05, 4.69) is 6.58 Å². The van der Waals surface area contributed by atoms with Gasteiger partial charge in [-0.2, -0.15) is 0 Å². The first-order valence-corrected chi connectivity index (χ1v) is 11.2. The first-order valence-electron chi connectivity index (χ1n) is 9.37. The van der Waals surface area contributed by atoms with Crippen molar-refractivity contribution < 1.29 is 22.4 Å². The first kappa shape index (κ1) is 21.1. The van der Waals surface area contributed by atoms with Crippen molar-refractivity contribution in [3.63, 3.8) is 0 Å². The number of ether oxygens (including phenoxy) is 1. The van der Waals surface area contributed by atoms with Gasteiger partial charge < -0.3 is 14.1 Å². The quantitative estimate of drug-likeness (QED) is 0.527. The van der Waals surface area contributed by atoms with Gasteiger partial charge in [0.2, 0.25) is 5.91 Å². The van der Waals surface area contributed by atoms with Crippen LogP contribution in [-0.2, 0) is 21.1 Å². The fourth-order valence-electron chi connectivity index (χ4n) is 3.44. The molecular weight excluding hydrogens is 394 g/mol. The lowest BCUT2D eigenvalue weighted by Crippen LogP contribution is -2.39. The molecule has 0 unspecified atom stereocenters. The van der Waals surface area contributed by atoms with Gasteiger partial charge in [0, 0.05) is 24.5 Å². The third kappa shape index (κ3) is 4.70. The standard InChI is InChI=1S/C21H25NO6S/c1-13(2)11-27-16-5-6-17-14(3)18(21(24)28-19(17)9-16)10-20(23)22(4)15-7-8-29(25,26)12-15/h5-6,9,15H,1,7-8,10-12H2,2-4H3/t15-/m0/s1. The molecule has 8 heteroatoms. The number of hydrogen-bond acceptors (Lipinski definition) is 6. The summed E-state index contributed by atoms with van der Waals surface area (Å²) in [6.45, 7) is 7.78. The van der Waals surface area contributed by atoms with E-state index in [0.29, 0.717) is 29.9 Å². The Morgan fingerprint density at radius 1 is 1.38 bits per heavy atom. The molecular formula is C21H25NO6S. The average Bonchev–Trinajstić information content (AvgIpc) is 3.02. The molecule has 0 aliphatic carbocycles. The van der Waals surface area contributed by atoms with Crippen molar-refractivity contribution in [3.05, 3.63) is 51.9 Å². The van der Waals surface area contributed by atoms with E-state index in [0.717, 1.165) is 11.0 Å². The monoisotopic (exact) mass is 419 g/mol. The number of fused-ring (bicyclic) bond motifs is 1. The molecule has 3 rings (SSSR count). The number of carbonyl (C=O) groups is 1. The van der Waals surface area contributed by atoms with Crippen molar-refractivity contribution in [2.75, 3.05) is 25.2 Å². The van der Waals surface area contributed by atoms with Crippen LogP contribution in [0.1, 0.15) is 24.5 Å². The third-order valence-corrected chi connectivity index (χ3v) is 6.97. The number of hydrogen-bond donors (Lipinski definition) is 0. The van der Waals surface area contributed by atoms with E-state index in [1.165, 1.54) is 4.90 Å². The highest BCUT2D eigenvalue weighted by molar-refractivity contribution is 7.91. The second-order valence-electron chi connectivity index (χ2n) is 7.64. The van der Waals surface area contributed by atoms with E-state index in [1.54, 1.807) is 32.2 Å². The van der Waals surface area contributed by atoms with Gasteiger partial charge in [0.05, 0.1) is 23.5 Å². The summed E-state index contributed by atoms with van der Waals surface area (Å²) in [6, 6.07) is 4.86. The molecule has 156 valence electrons. The first-order chi connectivity index (χ1) is 13.6. The highest BCUT2D eigenvalue weighted by Gasteiger charge is 2.33. The van der Waals surface area contributed by atoms with Gasteiger partial charge in [-0.3, -0.25) is 4.79 Å². The number of benzene rings is 1. The lowest BCUT2D eigenvalue weighted by molar-refractivity contribution is -0.130. The Morgan fingerprint density at radius 3 is 2.72 bits per heavy atom. The van der Waals surface area contributed by atoms with E-state index in [4.69, 9.17) is 9.15 Å². The third-order valence-electron chi connectivity index (χ3n) is 5.22. The molecule has 0 radical (unpaired) electrons. The number of amides is 1. The van der Waals surface area contributed by atoms with Gasteiger partial charge in [0.15, 0.2) is 9.84 Å². The van der Waals surface area contributed by atoms with E-state index < -0.39 is 15.5 Å². The zero-order valence-corrected chi connectivity index (χ0v) is 17.7. The molecule has 0 saturated carbocycles. The lowest BCUT2D eigenvalue weighted by atomic mass is 10.0. The minimum Gasteiger partial charge on any atom is -0.489 e. The minimum absolute atomic E-state index is 0.0342. The fourth-order valence-corrected chi connectivity index (χ4v) is 5.21. The summed E-state index contributed by atoms with van der Waals surface area (Å²) in [4.78, 5) is 26.6. The molecule has 2 heterocycles. The van der Waals surface area contributed by atoms with Crippen LogP contribution in [0.4, 0.5) is 0 Å². The predicted molar refractivity (Wildman–Crippen MR) is 111 cm³/mol. The van der Waals surface area contributed by atoms with Crippen LogP contribution in [0, 0.1) is 6.92 Å². The smallest absolute Gasteiger partial charge is 0.340 e. The number of aryl methyl sites for hydroxylation is 1. The Morgan fingerprint density at radius 2 is 2.10 bits per heavy atom. The largest absolute Gasteiger partial charge is 0.489 e. The number of carbonyl (C=O) groups excluding carboxylic acids is 1. The molecule has 29 heavy (non-hydrogen) atoms. The van der Waals surface area contributed by atoms with Crippen LogP contribution in [0.15, 0.2) is 39.6 Å². The summed E-state index contributed by atoms with van der Waals surface area (Å²) < 4.78 is 34.4. The maximum atomic E-state index is 12.7. The molecule has 0 bridgehead atoms. The molecule has 1 aliphatic rings. The van der Waals surface area contributed by atoms with Crippen molar-refractivity contribution in [1.82, 2.24) is 4.90 Å². The minimum atomic E-state index is -3.10. The molecule has 1 aromatic heterocycles. The molecule has 1 fully saturated rings. The van der Waals surface area contributed by atoms with Crippen molar-refractivity contribution in [2.45, 2.75) is 32.7 Å². The number of nitrogens with zero attached hydrogens (tertiary/aromatic N) is 1. The second kappa shape index (κ2) is 8.02. The Kier molecular flexibility index (Phi) is 5.84. The molecule has 0 spiro atoms. The fraction of sp³-hybridized carbons (Fsp3) is 0.429. The normalized spacial score (nSPS) is 18.0. The molecule has 1 aliphatic heterocycles. The Hall–Kier alpha value is -2.61.